The first-order valence-electron chi connectivity index (χ1n) is 6.35. The Morgan fingerprint density at radius 3 is 2.27 bits per heavy atom. The minimum absolute atomic E-state index is 0.0357. The quantitative estimate of drug-likeness (QED) is 0.792. The molecule has 0 aliphatic carbocycles. The molecule has 0 saturated heterocycles. The molecule has 0 aromatic heterocycles. The Balaban J connectivity index is 2.13. The van der Waals surface area contributed by atoms with E-state index in [0.29, 0.717) is 11.3 Å². The smallest absolute Gasteiger partial charge is 0.418 e. The maximum atomic E-state index is 12.9. The van der Waals surface area contributed by atoms with Crippen molar-refractivity contribution >= 4 is 17.5 Å². The molecule has 1 amide bonds. The fourth-order valence-electron chi connectivity index (χ4n) is 1.88. The molecule has 116 valence electrons. The molecule has 0 unspecified atom stereocenters. The Labute approximate surface area is 124 Å². The van der Waals surface area contributed by atoms with Gasteiger partial charge in [0, 0.05) is 12.2 Å². The zero-order valence-corrected chi connectivity index (χ0v) is 11.3. The van der Waals surface area contributed by atoms with E-state index in [2.05, 4.69) is 10.6 Å². The number of anilines is 2. The second-order valence-corrected chi connectivity index (χ2v) is 4.52. The van der Waals surface area contributed by atoms with Crippen molar-refractivity contribution in [3.05, 3.63) is 59.7 Å². The van der Waals surface area contributed by atoms with Gasteiger partial charge in [-0.15, -0.1) is 0 Å². The summed E-state index contributed by atoms with van der Waals surface area (Å²) < 4.78 is 38.7. The summed E-state index contributed by atoms with van der Waals surface area (Å²) in [5.74, 6) is 0. The summed E-state index contributed by atoms with van der Waals surface area (Å²) >= 11 is 0. The van der Waals surface area contributed by atoms with E-state index in [1.54, 1.807) is 24.3 Å². The third kappa shape index (κ3) is 4.15. The number of alkyl halides is 3. The van der Waals surface area contributed by atoms with E-state index >= 15 is 0 Å². The summed E-state index contributed by atoms with van der Waals surface area (Å²) in [5, 5.41) is 13.4. The highest BCUT2D eigenvalue weighted by molar-refractivity contribution is 5.65. The number of carbonyl (C=O) groups is 1. The van der Waals surface area contributed by atoms with Crippen LogP contribution in [-0.2, 0) is 12.7 Å². The SMILES string of the molecule is O=C(O)NCc1ccc(Nc2ccccc2C(F)(F)F)cc1. The molecule has 0 saturated carbocycles. The Bertz CT molecular complexity index is 655. The number of halogens is 3. The van der Waals surface area contributed by atoms with Crippen LogP contribution in [0.5, 0.6) is 0 Å². The van der Waals surface area contributed by atoms with Crippen LogP contribution in [0.3, 0.4) is 0 Å². The van der Waals surface area contributed by atoms with Gasteiger partial charge in [0.15, 0.2) is 0 Å². The molecule has 0 radical (unpaired) electrons. The highest BCUT2D eigenvalue weighted by Gasteiger charge is 2.33. The topological polar surface area (TPSA) is 61.4 Å². The Kier molecular flexibility index (Phi) is 4.55. The molecule has 3 N–H and O–H groups in total. The van der Waals surface area contributed by atoms with Crippen LogP contribution in [-0.4, -0.2) is 11.2 Å². The van der Waals surface area contributed by atoms with Gasteiger partial charge < -0.3 is 15.7 Å². The largest absolute Gasteiger partial charge is 0.465 e. The number of benzene rings is 2. The predicted molar refractivity (Wildman–Crippen MR) is 76.0 cm³/mol. The van der Waals surface area contributed by atoms with Gasteiger partial charge in [-0.2, -0.15) is 13.2 Å². The van der Waals surface area contributed by atoms with Crippen molar-refractivity contribution in [2.75, 3.05) is 5.32 Å². The number of carboxylic acid groups (broad SMARTS) is 1. The summed E-state index contributed by atoms with van der Waals surface area (Å²) in [6.07, 6.45) is -5.57. The molecular weight excluding hydrogens is 297 g/mol. The first-order chi connectivity index (χ1) is 10.4. The van der Waals surface area contributed by atoms with Crippen LogP contribution in [0.2, 0.25) is 0 Å². The van der Waals surface area contributed by atoms with E-state index < -0.39 is 17.8 Å². The molecule has 0 spiro atoms. The number of nitrogens with one attached hydrogen (secondary N) is 2. The first kappa shape index (κ1) is 15.7. The number of amides is 1. The molecule has 0 aliphatic rings. The molecule has 22 heavy (non-hydrogen) atoms. The standard InChI is InChI=1S/C15H13F3N2O2/c16-15(17,18)12-3-1-2-4-13(12)20-11-7-5-10(6-8-11)9-19-14(21)22/h1-8,19-20H,9H2,(H,21,22). The predicted octanol–water partition coefficient (Wildman–Crippen LogP) is 4.22. The van der Waals surface area contributed by atoms with E-state index in [9.17, 15) is 18.0 Å². The zero-order valence-electron chi connectivity index (χ0n) is 11.3. The molecule has 0 bridgehead atoms. The third-order valence-electron chi connectivity index (χ3n) is 2.91. The second-order valence-electron chi connectivity index (χ2n) is 4.52. The van der Waals surface area contributed by atoms with Crippen LogP contribution in [0.1, 0.15) is 11.1 Å². The van der Waals surface area contributed by atoms with Gasteiger partial charge in [0.05, 0.1) is 11.3 Å². The second kappa shape index (κ2) is 6.38. The summed E-state index contributed by atoms with van der Waals surface area (Å²) in [4.78, 5) is 10.4. The van der Waals surface area contributed by atoms with Crippen molar-refractivity contribution in [3.8, 4) is 0 Å². The fourth-order valence-corrected chi connectivity index (χ4v) is 1.88. The summed E-state index contributed by atoms with van der Waals surface area (Å²) in [7, 11) is 0. The average molecular weight is 310 g/mol. The van der Waals surface area contributed by atoms with Gasteiger partial charge in [-0.05, 0) is 29.8 Å². The van der Waals surface area contributed by atoms with Gasteiger partial charge in [0.25, 0.3) is 0 Å². The Morgan fingerprint density at radius 1 is 1.05 bits per heavy atom. The van der Waals surface area contributed by atoms with Crippen LogP contribution >= 0.6 is 0 Å². The summed E-state index contributed by atoms with van der Waals surface area (Å²) in [6, 6.07) is 11.6. The van der Waals surface area contributed by atoms with Crippen LogP contribution in [0.4, 0.5) is 29.3 Å². The molecule has 7 heteroatoms. The fraction of sp³-hybridized carbons (Fsp3) is 0.133. The minimum Gasteiger partial charge on any atom is -0.465 e. The average Bonchev–Trinajstić information content (AvgIpc) is 2.46. The van der Waals surface area contributed by atoms with Crippen molar-refractivity contribution in [2.45, 2.75) is 12.7 Å². The number of para-hydroxylation sites is 1. The summed E-state index contributed by atoms with van der Waals surface area (Å²) in [6.45, 7) is 0.134. The summed E-state index contributed by atoms with van der Waals surface area (Å²) in [5.41, 5.74) is 0.408. The van der Waals surface area contributed by atoms with E-state index in [1.807, 2.05) is 0 Å². The van der Waals surface area contributed by atoms with Crippen LogP contribution in [0.15, 0.2) is 48.5 Å². The Morgan fingerprint density at radius 2 is 1.68 bits per heavy atom. The highest BCUT2D eigenvalue weighted by Crippen LogP contribution is 2.35. The minimum atomic E-state index is -4.44. The molecule has 2 aromatic rings. The maximum Gasteiger partial charge on any atom is 0.418 e. The number of hydrogen-bond acceptors (Lipinski definition) is 2. The lowest BCUT2D eigenvalue weighted by atomic mass is 10.1. The van der Waals surface area contributed by atoms with Crippen molar-refractivity contribution in [2.24, 2.45) is 0 Å². The van der Waals surface area contributed by atoms with Crippen molar-refractivity contribution in [1.29, 1.82) is 0 Å². The molecule has 0 fully saturated rings. The van der Waals surface area contributed by atoms with E-state index in [0.717, 1.165) is 6.07 Å². The molecule has 0 aliphatic heterocycles. The molecule has 4 nitrogen and oxygen atoms in total. The van der Waals surface area contributed by atoms with Gasteiger partial charge >= 0.3 is 12.3 Å². The number of hydrogen-bond donors (Lipinski definition) is 3. The van der Waals surface area contributed by atoms with Crippen molar-refractivity contribution in [1.82, 2.24) is 5.32 Å². The van der Waals surface area contributed by atoms with Gasteiger partial charge in [0.2, 0.25) is 0 Å². The molecule has 0 heterocycles. The van der Waals surface area contributed by atoms with Crippen LogP contribution in [0, 0.1) is 0 Å². The normalized spacial score (nSPS) is 11.0. The highest BCUT2D eigenvalue weighted by atomic mass is 19.4. The van der Waals surface area contributed by atoms with Crippen LogP contribution < -0.4 is 10.6 Å². The Hall–Kier alpha value is -2.70. The monoisotopic (exact) mass is 310 g/mol. The van der Waals surface area contributed by atoms with E-state index in [4.69, 9.17) is 5.11 Å². The zero-order chi connectivity index (χ0) is 16.2. The first-order valence-corrected chi connectivity index (χ1v) is 6.35. The lowest BCUT2D eigenvalue weighted by Crippen LogP contribution is -2.19. The van der Waals surface area contributed by atoms with Crippen molar-refractivity contribution < 1.29 is 23.1 Å². The molecule has 2 rings (SSSR count). The van der Waals surface area contributed by atoms with Gasteiger partial charge in [-0.25, -0.2) is 4.79 Å². The van der Waals surface area contributed by atoms with Crippen molar-refractivity contribution in [3.63, 3.8) is 0 Å². The lowest BCUT2D eigenvalue weighted by Gasteiger charge is -2.14. The van der Waals surface area contributed by atoms with Crippen LogP contribution in [0.25, 0.3) is 0 Å². The van der Waals surface area contributed by atoms with Gasteiger partial charge in [-0.3, -0.25) is 0 Å². The van der Waals surface area contributed by atoms with Gasteiger partial charge in [-0.1, -0.05) is 24.3 Å². The van der Waals surface area contributed by atoms with E-state index in [-0.39, 0.29) is 12.2 Å². The molecular formula is C15H13F3N2O2. The van der Waals surface area contributed by atoms with E-state index in [1.165, 1.54) is 18.2 Å². The maximum absolute atomic E-state index is 12.9. The third-order valence-corrected chi connectivity index (χ3v) is 2.91. The molecule has 0 atom stereocenters. The number of rotatable bonds is 4. The lowest BCUT2D eigenvalue weighted by molar-refractivity contribution is -0.136. The molecule has 2 aromatic carbocycles. The van der Waals surface area contributed by atoms with Gasteiger partial charge in [0.1, 0.15) is 0 Å².